The van der Waals surface area contributed by atoms with Gasteiger partial charge in [-0.1, -0.05) is 6.08 Å². The second kappa shape index (κ2) is 2.17. The van der Waals surface area contributed by atoms with Crippen LogP contribution in [0, 0.1) is 0 Å². The Hall–Kier alpha value is -0.860. The molecule has 9 heavy (non-hydrogen) atoms. The van der Waals surface area contributed by atoms with Gasteiger partial charge in [-0.3, -0.25) is 0 Å². The van der Waals surface area contributed by atoms with Gasteiger partial charge in [-0.05, 0) is 6.08 Å². The van der Waals surface area contributed by atoms with Crippen LogP contribution in [-0.4, -0.2) is 6.17 Å². The van der Waals surface area contributed by atoms with Crippen LogP contribution in [-0.2, 0) is 0 Å². The monoisotopic (exact) mass is 131 g/mol. The zero-order valence-corrected chi connectivity index (χ0v) is 4.77. The van der Waals surface area contributed by atoms with Gasteiger partial charge in [-0.15, -0.1) is 0 Å². The lowest BCUT2D eigenvalue weighted by molar-refractivity contribution is 0.324. The third-order valence-corrected chi connectivity index (χ3v) is 1.16. The van der Waals surface area contributed by atoms with Crippen LogP contribution in [0.25, 0.3) is 0 Å². The number of allylic oxidation sites excluding steroid dienone is 3. The second-order valence-corrected chi connectivity index (χ2v) is 1.94. The molecule has 0 aliphatic heterocycles. The fourth-order valence-electron chi connectivity index (χ4n) is 0.661. The normalized spacial score (nSPS) is 27.1. The highest BCUT2D eigenvalue weighted by molar-refractivity contribution is 5.24. The highest BCUT2D eigenvalue weighted by atomic mass is 19.2. The van der Waals surface area contributed by atoms with Gasteiger partial charge in [0.05, 0.1) is 0 Å². The fraction of sp³-hybridized carbons (Fsp3) is 0.333. The lowest BCUT2D eigenvalue weighted by atomic mass is 10.1. The van der Waals surface area contributed by atoms with Crippen LogP contribution in [0.3, 0.4) is 0 Å². The fourth-order valence-corrected chi connectivity index (χ4v) is 0.661. The molecular formula is C6H7F2N. The summed E-state index contributed by atoms with van der Waals surface area (Å²) in [6.07, 6.45) is 1.06. The first-order valence-electron chi connectivity index (χ1n) is 2.67. The molecule has 0 amide bonds. The van der Waals surface area contributed by atoms with Gasteiger partial charge in [0.2, 0.25) is 0 Å². The molecule has 1 rings (SSSR count). The van der Waals surface area contributed by atoms with Crippen molar-refractivity contribution < 1.29 is 8.78 Å². The first-order valence-corrected chi connectivity index (χ1v) is 2.67. The molecule has 0 aromatic heterocycles. The number of rotatable bonds is 0. The first kappa shape index (κ1) is 6.26. The molecule has 1 unspecified atom stereocenters. The average Bonchev–Trinajstić information content (AvgIpc) is 1.80. The molecule has 1 aliphatic rings. The van der Waals surface area contributed by atoms with Gasteiger partial charge in [0.1, 0.15) is 5.83 Å². The molecule has 1 aliphatic carbocycles. The summed E-state index contributed by atoms with van der Waals surface area (Å²) in [7, 11) is 0. The van der Waals surface area contributed by atoms with Gasteiger partial charge in [0, 0.05) is 12.1 Å². The van der Waals surface area contributed by atoms with Crippen LogP contribution in [0.15, 0.2) is 23.7 Å². The van der Waals surface area contributed by atoms with E-state index in [4.69, 9.17) is 5.73 Å². The number of hydrogen-bond acceptors (Lipinski definition) is 1. The molecule has 0 aromatic rings. The highest BCUT2D eigenvalue weighted by Crippen LogP contribution is 2.18. The Morgan fingerprint density at radius 2 is 2.33 bits per heavy atom. The molecule has 0 fully saturated rings. The van der Waals surface area contributed by atoms with E-state index < -0.39 is 12.0 Å². The summed E-state index contributed by atoms with van der Waals surface area (Å²) in [6.45, 7) is 0. The maximum Gasteiger partial charge on any atom is 0.155 e. The summed E-state index contributed by atoms with van der Waals surface area (Å²) >= 11 is 0. The smallest absolute Gasteiger partial charge is 0.155 e. The van der Waals surface area contributed by atoms with Gasteiger partial charge < -0.3 is 5.73 Å². The van der Waals surface area contributed by atoms with E-state index >= 15 is 0 Å². The minimum absolute atomic E-state index is 0.0637. The number of hydrogen-bond donors (Lipinski definition) is 1. The standard InChI is InChI=1S/C6H7F2N/c7-5-2-1-4(9)3-6(5)8/h1,3,5H,2,9H2. The molecule has 50 valence electrons. The summed E-state index contributed by atoms with van der Waals surface area (Å²) in [5.41, 5.74) is 5.47. The van der Waals surface area contributed by atoms with Crippen molar-refractivity contribution in [2.24, 2.45) is 5.73 Å². The van der Waals surface area contributed by atoms with Crippen molar-refractivity contribution in [3.63, 3.8) is 0 Å². The van der Waals surface area contributed by atoms with Crippen LogP contribution in [0.1, 0.15) is 6.42 Å². The third kappa shape index (κ3) is 1.28. The minimum Gasteiger partial charge on any atom is -0.399 e. The maximum atomic E-state index is 12.2. The van der Waals surface area contributed by atoms with Gasteiger partial charge in [-0.25, -0.2) is 8.78 Å². The Morgan fingerprint density at radius 3 is 2.78 bits per heavy atom. The lowest BCUT2D eigenvalue weighted by Gasteiger charge is -2.07. The Morgan fingerprint density at radius 1 is 1.67 bits per heavy atom. The van der Waals surface area contributed by atoms with Crippen molar-refractivity contribution in [1.82, 2.24) is 0 Å². The van der Waals surface area contributed by atoms with E-state index in [0.717, 1.165) is 6.08 Å². The number of nitrogens with two attached hydrogens (primary N) is 1. The van der Waals surface area contributed by atoms with Crippen LogP contribution < -0.4 is 5.73 Å². The largest absolute Gasteiger partial charge is 0.399 e. The quantitative estimate of drug-likeness (QED) is 0.528. The van der Waals surface area contributed by atoms with E-state index in [-0.39, 0.29) is 6.42 Å². The molecule has 0 aromatic carbocycles. The van der Waals surface area contributed by atoms with Crippen LogP contribution in [0.4, 0.5) is 8.78 Å². The van der Waals surface area contributed by atoms with Gasteiger partial charge in [0.25, 0.3) is 0 Å². The Balaban J connectivity index is 2.74. The lowest BCUT2D eigenvalue weighted by Crippen LogP contribution is -2.08. The maximum absolute atomic E-state index is 12.2. The second-order valence-electron chi connectivity index (χ2n) is 1.94. The number of halogens is 2. The van der Waals surface area contributed by atoms with Gasteiger partial charge in [0.15, 0.2) is 6.17 Å². The minimum atomic E-state index is -1.47. The highest BCUT2D eigenvalue weighted by Gasteiger charge is 2.14. The van der Waals surface area contributed by atoms with Crippen molar-refractivity contribution in [2.45, 2.75) is 12.6 Å². The zero-order valence-electron chi connectivity index (χ0n) is 4.77. The molecule has 0 bridgehead atoms. The summed E-state index contributed by atoms with van der Waals surface area (Å²) in [5, 5.41) is 0. The summed E-state index contributed by atoms with van der Waals surface area (Å²) in [6, 6.07) is 0. The Bertz CT molecular complexity index is 172. The topological polar surface area (TPSA) is 26.0 Å². The summed E-state index contributed by atoms with van der Waals surface area (Å²) in [4.78, 5) is 0. The molecule has 1 atom stereocenters. The van der Waals surface area contributed by atoms with Crippen molar-refractivity contribution in [1.29, 1.82) is 0 Å². The number of alkyl halides is 1. The predicted molar refractivity (Wildman–Crippen MR) is 31.0 cm³/mol. The van der Waals surface area contributed by atoms with Gasteiger partial charge >= 0.3 is 0 Å². The van der Waals surface area contributed by atoms with E-state index in [1.807, 2.05) is 0 Å². The summed E-state index contributed by atoms with van der Waals surface area (Å²) < 4.78 is 24.4. The average molecular weight is 131 g/mol. The molecular weight excluding hydrogens is 124 g/mol. The van der Waals surface area contributed by atoms with E-state index in [9.17, 15) is 8.78 Å². The van der Waals surface area contributed by atoms with E-state index in [1.54, 1.807) is 0 Å². The van der Waals surface area contributed by atoms with Crippen LogP contribution in [0.2, 0.25) is 0 Å². The van der Waals surface area contributed by atoms with Crippen LogP contribution in [0.5, 0.6) is 0 Å². The zero-order chi connectivity index (χ0) is 6.85. The molecule has 0 heterocycles. The molecule has 2 N–H and O–H groups in total. The van der Waals surface area contributed by atoms with Crippen LogP contribution >= 0.6 is 0 Å². The van der Waals surface area contributed by atoms with E-state index in [1.165, 1.54) is 6.08 Å². The van der Waals surface area contributed by atoms with E-state index in [2.05, 4.69) is 0 Å². The predicted octanol–water partition coefficient (Wildman–Crippen LogP) is 1.42. The van der Waals surface area contributed by atoms with Crippen molar-refractivity contribution in [3.8, 4) is 0 Å². The molecule has 0 radical (unpaired) electrons. The van der Waals surface area contributed by atoms with Crippen molar-refractivity contribution in [3.05, 3.63) is 23.7 Å². The Labute approximate surface area is 51.8 Å². The molecule has 1 nitrogen and oxygen atoms in total. The molecule has 0 saturated heterocycles. The summed E-state index contributed by atoms with van der Waals surface area (Å²) in [5.74, 6) is -0.769. The molecule has 3 heteroatoms. The molecule has 0 saturated carbocycles. The van der Waals surface area contributed by atoms with Crippen molar-refractivity contribution in [2.75, 3.05) is 0 Å². The molecule has 0 spiro atoms. The first-order chi connectivity index (χ1) is 4.20. The van der Waals surface area contributed by atoms with Crippen molar-refractivity contribution >= 4 is 0 Å². The van der Waals surface area contributed by atoms with E-state index in [0.29, 0.717) is 5.70 Å². The third-order valence-electron chi connectivity index (χ3n) is 1.16. The Kier molecular flexibility index (Phi) is 1.51. The van der Waals surface area contributed by atoms with Gasteiger partial charge in [-0.2, -0.15) is 0 Å². The SMILES string of the molecule is NC1=CCC(F)C(F)=C1.